The Morgan fingerprint density at radius 3 is 2.56 bits per heavy atom. The Morgan fingerprint density at radius 1 is 1.20 bits per heavy atom. The van der Waals surface area contributed by atoms with E-state index in [1.165, 1.54) is 9.58 Å². The van der Waals surface area contributed by atoms with Crippen molar-refractivity contribution >= 4 is 17.5 Å². The van der Waals surface area contributed by atoms with Crippen molar-refractivity contribution in [3.8, 4) is 11.6 Å². The van der Waals surface area contributed by atoms with E-state index in [1.807, 2.05) is 18.2 Å². The van der Waals surface area contributed by atoms with Gasteiger partial charge in [-0.25, -0.2) is 0 Å². The first-order valence-corrected chi connectivity index (χ1v) is 8.04. The van der Waals surface area contributed by atoms with E-state index in [9.17, 15) is 9.90 Å². The maximum atomic E-state index is 12.4. The Hall–Kier alpha value is -2.86. The summed E-state index contributed by atoms with van der Waals surface area (Å²) in [6.07, 6.45) is 0.221. The molecule has 6 nitrogen and oxygen atoms in total. The lowest BCUT2D eigenvalue weighted by Gasteiger charge is -2.15. The third kappa shape index (κ3) is 3.97. The lowest BCUT2D eigenvalue weighted by atomic mass is 10.1. The number of amides is 1. The van der Waals surface area contributed by atoms with E-state index in [4.69, 9.17) is 16.1 Å². The number of carbonyl (C=O) groups is 1. The third-order valence-corrected chi connectivity index (χ3v) is 4.03. The zero-order valence-corrected chi connectivity index (χ0v) is 14.3. The van der Waals surface area contributed by atoms with Gasteiger partial charge in [0.05, 0.1) is 11.7 Å². The number of benzene rings is 2. The van der Waals surface area contributed by atoms with Crippen molar-refractivity contribution < 1.29 is 19.1 Å². The predicted octanol–water partition coefficient (Wildman–Crippen LogP) is 1.88. The molecule has 3 rings (SSSR count). The van der Waals surface area contributed by atoms with Gasteiger partial charge in [0, 0.05) is 24.2 Å². The molecule has 1 heterocycles. The van der Waals surface area contributed by atoms with E-state index in [0.29, 0.717) is 10.7 Å². The molecule has 0 spiro atoms. The molecule has 3 aromatic rings. The largest absolute Gasteiger partial charge is 0.539 e. The molecule has 0 unspecified atom stereocenters. The Bertz CT molecular complexity index is 863. The van der Waals surface area contributed by atoms with Crippen LogP contribution in [0.5, 0.6) is 5.95 Å². The van der Waals surface area contributed by atoms with Crippen LogP contribution in [0.1, 0.15) is 11.3 Å². The molecular weight excluding hydrogens is 342 g/mol. The predicted molar refractivity (Wildman–Crippen MR) is 89.1 cm³/mol. The van der Waals surface area contributed by atoms with E-state index >= 15 is 0 Å². The van der Waals surface area contributed by atoms with Crippen LogP contribution in [0.3, 0.4) is 0 Å². The first-order chi connectivity index (χ1) is 12.0. The maximum Gasteiger partial charge on any atom is 0.259 e. The number of nitrogens with zero attached hydrogens (tertiary/aromatic N) is 3. The molecule has 7 heteroatoms. The summed E-state index contributed by atoms with van der Waals surface area (Å²) in [5, 5.41) is 16.4. The van der Waals surface area contributed by atoms with Crippen LogP contribution in [0, 0.1) is 0 Å². The highest BCUT2D eigenvalue weighted by Crippen LogP contribution is 2.14. The minimum atomic E-state index is -0.560. The van der Waals surface area contributed by atoms with Gasteiger partial charge in [0.2, 0.25) is 11.6 Å². The first kappa shape index (κ1) is 17.0. The third-order valence-electron chi connectivity index (χ3n) is 3.78. The van der Waals surface area contributed by atoms with Gasteiger partial charge in [0.1, 0.15) is 6.54 Å². The fourth-order valence-corrected chi connectivity index (χ4v) is 2.52. The van der Waals surface area contributed by atoms with Crippen LogP contribution in [0.15, 0.2) is 59.1 Å². The molecule has 25 heavy (non-hydrogen) atoms. The number of aromatic nitrogens is 2. The molecule has 128 valence electrons. The van der Waals surface area contributed by atoms with Crippen molar-refractivity contribution in [2.75, 3.05) is 7.05 Å². The van der Waals surface area contributed by atoms with Gasteiger partial charge < -0.3 is 14.5 Å². The zero-order chi connectivity index (χ0) is 17.8. The Morgan fingerprint density at radius 2 is 1.88 bits per heavy atom. The summed E-state index contributed by atoms with van der Waals surface area (Å²) in [7, 11) is 1.64. The smallest absolute Gasteiger partial charge is 0.259 e. The number of para-hydroxylation sites is 1. The highest BCUT2D eigenvalue weighted by atomic mass is 35.5. The molecule has 1 aromatic heterocycles. The molecule has 0 aliphatic carbocycles. The van der Waals surface area contributed by atoms with Crippen LogP contribution in [0.25, 0.3) is 5.69 Å². The number of likely N-dealkylation sites (N-methyl/N-ethyl adjacent to an activating group) is 1. The molecule has 1 amide bonds. The minimum Gasteiger partial charge on any atom is -0.539 e. The van der Waals surface area contributed by atoms with Crippen molar-refractivity contribution in [2.24, 2.45) is 0 Å². The van der Waals surface area contributed by atoms with Crippen LogP contribution < -0.4 is 9.79 Å². The molecular formula is C18H16ClN3O3. The average molecular weight is 358 g/mol. The van der Waals surface area contributed by atoms with Crippen LogP contribution in [-0.4, -0.2) is 23.1 Å². The van der Waals surface area contributed by atoms with Gasteiger partial charge >= 0.3 is 0 Å². The van der Waals surface area contributed by atoms with Crippen LogP contribution in [-0.2, 0) is 17.8 Å². The molecule has 0 fully saturated rings. The Labute approximate surface area is 149 Å². The quantitative estimate of drug-likeness (QED) is 0.653. The summed E-state index contributed by atoms with van der Waals surface area (Å²) in [4.78, 5) is 13.9. The topological polar surface area (TPSA) is 73.3 Å². The standard InChI is InChI=1S/C18H16ClN3O3/c1-21(17(23)11-13-7-9-14(19)10-8-13)12-16-18(24)25-20-22(16)15-5-3-2-4-6-15/h2-10H,11-12H2,1H3. The van der Waals surface area contributed by atoms with Gasteiger partial charge in [-0.1, -0.05) is 41.9 Å². The summed E-state index contributed by atoms with van der Waals surface area (Å²) in [5.41, 5.74) is 1.84. The second-order valence-electron chi connectivity index (χ2n) is 5.61. The molecule has 0 radical (unpaired) electrons. The fourth-order valence-electron chi connectivity index (χ4n) is 2.39. The van der Waals surface area contributed by atoms with Gasteiger partial charge in [0.25, 0.3) is 5.69 Å². The van der Waals surface area contributed by atoms with Gasteiger partial charge in [-0.3, -0.25) is 4.79 Å². The first-order valence-electron chi connectivity index (χ1n) is 7.66. The summed E-state index contributed by atoms with van der Waals surface area (Å²) in [6, 6.07) is 16.2. The molecule has 0 saturated carbocycles. The summed E-state index contributed by atoms with van der Waals surface area (Å²) >= 11 is 5.85. The normalized spacial score (nSPS) is 10.6. The minimum absolute atomic E-state index is 0.101. The monoisotopic (exact) mass is 357 g/mol. The van der Waals surface area contributed by atoms with Crippen molar-refractivity contribution in [2.45, 2.75) is 13.0 Å². The summed E-state index contributed by atoms with van der Waals surface area (Å²) < 4.78 is 6.18. The Kier molecular flexibility index (Phi) is 5.00. The molecule has 0 bridgehead atoms. The molecule has 0 aliphatic rings. The van der Waals surface area contributed by atoms with E-state index < -0.39 is 5.95 Å². The van der Waals surface area contributed by atoms with Crippen LogP contribution in [0.2, 0.25) is 5.02 Å². The highest BCUT2D eigenvalue weighted by molar-refractivity contribution is 6.30. The Balaban J connectivity index is 1.74. The van der Waals surface area contributed by atoms with Crippen molar-refractivity contribution in [3.05, 3.63) is 70.9 Å². The summed E-state index contributed by atoms with van der Waals surface area (Å²) in [6.45, 7) is 0.101. The van der Waals surface area contributed by atoms with Crippen molar-refractivity contribution in [1.29, 1.82) is 0 Å². The molecule has 0 atom stereocenters. The second kappa shape index (κ2) is 7.36. The van der Waals surface area contributed by atoms with E-state index in [-0.39, 0.29) is 24.6 Å². The highest BCUT2D eigenvalue weighted by Gasteiger charge is 2.23. The molecule has 2 aromatic carbocycles. The lowest BCUT2D eigenvalue weighted by molar-refractivity contribution is -0.678. The van der Waals surface area contributed by atoms with Crippen LogP contribution in [0.4, 0.5) is 0 Å². The van der Waals surface area contributed by atoms with Gasteiger partial charge in [0.15, 0.2) is 5.95 Å². The van der Waals surface area contributed by atoms with Crippen LogP contribution >= 0.6 is 11.6 Å². The summed E-state index contributed by atoms with van der Waals surface area (Å²) in [5.74, 6) is -0.683. The second-order valence-corrected chi connectivity index (χ2v) is 6.04. The lowest BCUT2D eigenvalue weighted by Crippen LogP contribution is -2.40. The number of rotatable bonds is 5. The molecule has 0 saturated heterocycles. The van der Waals surface area contributed by atoms with Gasteiger partial charge in [-0.15, -0.1) is 0 Å². The number of carbonyl (C=O) groups excluding carboxylic acids is 1. The molecule has 0 aliphatic heterocycles. The molecule has 0 N–H and O–H groups in total. The van der Waals surface area contributed by atoms with Crippen molar-refractivity contribution in [1.82, 2.24) is 10.2 Å². The fraction of sp³-hybridized carbons (Fsp3) is 0.167. The average Bonchev–Trinajstić information content (AvgIpc) is 2.98. The SMILES string of the molecule is CN(Cc1c([O-])on[n+]1-c1ccccc1)C(=O)Cc1ccc(Cl)cc1. The van der Waals surface area contributed by atoms with Gasteiger partial charge in [-0.05, 0) is 22.4 Å². The van der Waals surface area contributed by atoms with Crippen molar-refractivity contribution in [3.63, 3.8) is 0 Å². The van der Waals surface area contributed by atoms with Gasteiger partial charge in [-0.2, -0.15) is 0 Å². The maximum absolute atomic E-state index is 12.4. The zero-order valence-electron chi connectivity index (χ0n) is 13.6. The van der Waals surface area contributed by atoms with E-state index in [2.05, 4.69) is 5.27 Å². The number of hydrogen-bond acceptors (Lipinski definition) is 4. The van der Waals surface area contributed by atoms with E-state index in [1.54, 1.807) is 43.4 Å². The van der Waals surface area contributed by atoms with E-state index in [0.717, 1.165) is 5.56 Å². The number of halogens is 1. The number of hydrogen-bond donors (Lipinski definition) is 0.